The van der Waals surface area contributed by atoms with E-state index in [1.807, 2.05) is 0 Å². The van der Waals surface area contributed by atoms with Gasteiger partial charge in [0.05, 0.1) is 10.2 Å². The highest BCUT2D eigenvalue weighted by molar-refractivity contribution is 9.10. The SMILES string of the molecule is Fc1cc(F)c(NCc2c(F)cccc2F)cc1Br. The van der Waals surface area contributed by atoms with Crippen LogP contribution in [0.5, 0.6) is 0 Å². The van der Waals surface area contributed by atoms with Gasteiger partial charge in [-0.05, 0) is 34.1 Å². The van der Waals surface area contributed by atoms with Crippen LogP contribution in [-0.4, -0.2) is 0 Å². The van der Waals surface area contributed by atoms with Crippen molar-refractivity contribution in [1.29, 1.82) is 0 Å². The van der Waals surface area contributed by atoms with Gasteiger partial charge >= 0.3 is 0 Å². The average Bonchev–Trinajstić information content (AvgIpc) is 2.34. The molecule has 0 saturated heterocycles. The Hall–Kier alpha value is -1.56. The van der Waals surface area contributed by atoms with Crippen LogP contribution in [0.15, 0.2) is 34.8 Å². The van der Waals surface area contributed by atoms with Crippen LogP contribution in [0.2, 0.25) is 0 Å². The molecule has 0 bridgehead atoms. The molecule has 0 aliphatic carbocycles. The summed E-state index contributed by atoms with van der Waals surface area (Å²) in [7, 11) is 0. The molecule has 100 valence electrons. The Labute approximate surface area is 115 Å². The van der Waals surface area contributed by atoms with Crippen molar-refractivity contribution in [3.63, 3.8) is 0 Å². The van der Waals surface area contributed by atoms with Crippen molar-refractivity contribution in [3.05, 3.63) is 63.6 Å². The van der Waals surface area contributed by atoms with Crippen LogP contribution in [-0.2, 0) is 6.54 Å². The summed E-state index contributed by atoms with van der Waals surface area (Å²) in [5, 5.41) is 2.53. The molecule has 0 unspecified atom stereocenters. The van der Waals surface area contributed by atoms with E-state index in [-0.39, 0.29) is 22.3 Å². The summed E-state index contributed by atoms with van der Waals surface area (Å²) in [4.78, 5) is 0. The third-order valence-electron chi connectivity index (χ3n) is 2.53. The standard InChI is InChI=1S/C13H8BrF4N/c14-8-4-13(12(18)5-11(8)17)19-6-7-9(15)2-1-3-10(7)16/h1-5,19H,6H2. The Kier molecular flexibility index (Phi) is 4.09. The minimum atomic E-state index is -0.836. The summed E-state index contributed by atoms with van der Waals surface area (Å²) in [6.45, 7) is -0.243. The monoisotopic (exact) mass is 333 g/mol. The van der Waals surface area contributed by atoms with Crippen LogP contribution in [0.3, 0.4) is 0 Å². The van der Waals surface area contributed by atoms with E-state index in [4.69, 9.17) is 0 Å². The van der Waals surface area contributed by atoms with Gasteiger partial charge in [0.1, 0.15) is 23.3 Å². The Morgan fingerprint density at radius 1 is 0.895 bits per heavy atom. The fourth-order valence-corrected chi connectivity index (χ4v) is 1.89. The Morgan fingerprint density at radius 3 is 2.16 bits per heavy atom. The lowest BCUT2D eigenvalue weighted by atomic mass is 10.2. The third kappa shape index (κ3) is 3.07. The molecule has 6 heteroatoms. The minimum absolute atomic E-state index is 0.0454. The van der Waals surface area contributed by atoms with Crippen LogP contribution in [0, 0.1) is 23.3 Å². The molecular weight excluding hydrogens is 326 g/mol. The van der Waals surface area contributed by atoms with E-state index in [2.05, 4.69) is 21.2 Å². The maximum atomic E-state index is 13.4. The summed E-state index contributed by atoms with van der Waals surface area (Å²) in [6, 6.07) is 5.31. The molecule has 0 fully saturated rings. The van der Waals surface area contributed by atoms with E-state index in [0.717, 1.165) is 12.1 Å². The van der Waals surface area contributed by atoms with Crippen molar-refractivity contribution in [2.45, 2.75) is 6.54 Å². The molecule has 2 aromatic carbocycles. The second kappa shape index (κ2) is 5.61. The second-order valence-corrected chi connectivity index (χ2v) is 4.65. The average molecular weight is 334 g/mol. The van der Waals surface area contributed by atoms with Crippen molar-refractivity contribution in [2.24, 2.45) is 0 Å². The van der Waals surface area contributed by atoms with E-state index in [0.29, 0.717) is 6.07 Å². The first-order chi connectivity index (χ1) is 8.99. The summed E-state index contributed by atoms with van der Waals surface area (Å²) in [5.41, 5.74) is -0.252. The lowest BCUT2D eigenvalue weighted by molar-refractivity contribution is 0.558. The lowest BCUT2D eigenvalue weighted by Crippen LogP contribution is -2.06. The van der Waals surface area contributed by atoms with Gasteiger partial charge in [0, 0.05) is 18.2 Å². The maximum absolute atomic E-state index is 13.4. The van der Waals surface area contributed by atoms with Crippen LogP contribution in [0.25, 0.3) is 0 Å². The van der Waals surface area contributed by atoms with Gasteiger partial charge in [-0.15, -0.1) is 0 Å². The smallest absolute Gasteiger partial charge is 0.149 e. The molecule has 0 atom stereocenters. The fourth-order valence-electron chi connectivity index (χ4n) is 1.54. The Bertz CT molecular complexity index is 596. The van der Waals surface area contributed by atoms with Gasteiger partial charge in [-0.2, -0.15) is 0 Å². The van der Waals surface area contributed by atoms with Gasteiger partial charge in [-0.25, -0.2) is 17.6 Å². The number of nitrogens with one attached hydrogen (secondary N) is 1. The summed E-state index contributed by atoms with van der Waals surface area (Å²) < 4.78 is 53.2. The number of halogens is 5. The first kappa shape index (κ1) is 13.9. The number of benzene rings is 2. The van der Waals surface area contributed by atoms with Gasteiger partial charge in [-0.3, -0.25) is 0 Å². The molecule has 0 radical (unpaired) electrons. The molecule has 0 amide bonds. The van der Waals surface area contributed by atoms with E-state index >= 15 is 0 Å². The molecule has 0 aliphatic heterocycles. The zero-order valence-corrected chi connectivity index (χ0v) is 11.1. The maximum Gasteiger partial charge on any atom is 0.149 e. The predicted molar refractivity (Wildman–Crippen MR) is 67.7 cm³/mol. The quantitative estimate of drug-likeness (QED) is 0.638. The van der Waals surface area contributed by atoms with Crippen molar-refractivity contribution in [3.8, 4) is 0 Å². The highest BCUT2D eigenvalue weighted by Gasteiger charge is 2.11. The molecule has 1 N–H and O–H groups in total. The molecule has 2 aromatic rings. The molecule has 0 spiro atoms. The van der Waals surface area contributed by atoms with Crippen LogP contribution < -0.4 is 5.32 Å². The number of hydrogen-bond acceptors (Lipinski definition) is 1. The molecule has 1 nitrogen and oxygen atoms in total. The van der Waals surface area contributed by atoms with Crippen LogP contribution in [0.1, 0.15) is 5.56 Å². The topological polar surface area (TPSA) is 12.0 Å². The molecular formula is C13H8BrF4N. The first-order valence-electron chi connectivity index (χ1n) is 5.30. The number of anilines is 1. The molecule has 0 aromatic heterocycles. The normalized spacial score (nSPS) is 10.6. The van der Waals surface area contributed by atoms with Gasteiger partial charge in [-0.1, -0.05) is 6.07 Å². The Morgan fingerprint density at radius 2 is 1.53 bits per heavy atom. The van der Waals surface area contributed by atoms with Crippen LogP contribution in [0.4, 0.5) is 23.2 Å². The van der Waals surface area contributed by atoms with Crippen molar-refractivity contribution < 1.29 is 17.6 Å². The molecule has 2 rings (SSSR count). The van der Waals surface area contributed by atoms with Crippen molar-refractivity contribution >= 4 is 21.6 Å². The highest BCUT2D eigenvalue weighted by atomic mass is 79.9. The summed E-state index contributed by atoms with van der Waals surface area (Å²) in [5.74, 6) is -3.04. The molecule has 0 heterocycles. The molecule has 19 heavy (non-hydrogen) atoms. The zero-order valence-electron chi connectivity index (χ0n) is 9.48. The van der Waals surface area contributed by atoms with E-state index in [1.54, 1.807) is 0 Å². The summed E-state index contributed by atoms with van der Waals surface area (Å²) in [6.07, 6.45) is 0. The highest BCUT2D eigenvalue weighted by Crippen LogP contribution is 2.24. The predicted octanol–water partition coefficient (Wildman–Crippen LogP) is 4.62. The Balaban J connectivity index is 2.22. The first-order valence-corrected chi connectivity index (χ1v) is 6.09. The molecule has 0 aliphatic rings. The van der Waals surface area contributed by atoms with E-state index in [1.165, 1.54) is 12.1 Å². The largest absolute Gasteiger partial charge is 0.378 e. The zero-order chi connectivity index (χ0) is 14.0. The van der Waals surface area contributed by atoms with Crippen molar-refractivity contribution in [2.75, 3.05) is 5.32 Å². The second-order valence-electron chi connectivity index (χ2n) is 3.80. The summed E-state index contributed by atoms with van der Waals surface area (Å²) >= 11 is 2.91. The molecule has 0 saturated carbocycles. The third-order valence-corrected chi connectivity index (χ3v) is 3.13. The number of rotatable bonds is 3. The van der Waals surface area contributed by atoms with Gasteiger partial charge in [0.25, 0.3) is 0 Å². The number of hydrogen-bond donors (Lipinski definition) is 1. The van der Waals surface area contributed by atoms with E-state index in [9.17, 15) is 17.6 Å². The van der Waals surface area contributed by atoms with E-state index < -0.39 is 23.3 Å². The minimum Gasteiger partial charge on any atom is -0.378 e. The van der Waals surface area contributed by atoms with Gasteiger partial charge < -0.3 is 5.32 Å². The van der Waals surface area contributed by atoms with Crippen molar-refractivity contribution in [1.82, 2.24) is 0 Å². The van der Waals surface area contributed by atoms with Gasteiger partial charge in [0.2, 0.25) is 0 Å². The fraction of sp³-hybridized carbons (Fsp3) is 0.0769. The lowest BCUT2D eigenvalue weighted by Gasteiger charge is -2.10. The van der Waals surface area contributed by atoms with Gasteiger partial charge in [0.15, 0.2) is 0 Å². The van der Waals surface area contributed by atoms with Crippen LogP contribution >= 0.6 is 15.9 Å².